The van der Waals surface area contributed by atoms with Crippen LogP contribution in [0.3, 0.4) is 0 Å². The summed E-state index contributed by atoms with van der Waals surface area (Å²) in [5, 5.41) is 0. The summed E-state index contributed by atoms with van der Waals surface area (Å²) in [6.45, 7) is 1.77. The SMILES string of the molecule is CC(=O)N(c1ccccc1)C12CC3(c4ccccc4)CC(c4ccccc4)(CC(c4ccccc4)(C3)C1)C2.FC12CC3(c4ccccc4)CC(c4ccccc4)(C1)CC(c1ccccc1)(C2)C3. The van der Waals surface area contributed by atoms with Crippen molar-refractivity contribution in [3.63, 3.8) is 0 Å². The zero-order valence-electron chi connectivity index (χ0n) is 38.9. The second kappa shape index (κ2) is 15.5. The minimum atomic E-state index is -1.10. The van der Waals surface area contributed by atoms with Gasteiger partial charge in [0.25, 0.3) is 0 Å². The third kappa shape index (κ3) is 6.81. The van der Waals surface area contributed by atoms with Gasteiger partial charge in [-0.2, -0.15) is 0 Å². The van der Waals surface area contributed by atoms with E-state index in [1.807, 2.05) is 6.07 Å². The Bertz CT molecular complexity index is 2580. The summed E-state index contributed by atoms with van der Waals surface area (Å²) < 4.78 is 16.7. The van der Waals surface area contributed by atoms with Crippen LogP contribution in [0.4, 0.5) is 10.1 Å². The molecule has 0 spiro atoms. The summed E-state index contributed by atoms with van der Waals surface area (Å²) in [5.41, 5.74) is 7.66. The smallest absolute Gasteiger partial charge is 0.224 e. The van der Waals surface area contributed by atoms with Gasteiger partial charge in [-0.15, -0.1) is 0 Å². The summed E-state index contributed by atoms with van der Waals surface area (Å²) in [5.74, 6) is 0.146. The highest BCUT2D eigenvalue weighted by atomic mass is 19.1. The monoisotopic (exact) mass is 879 g/mol. The molecule has 67 heavy (non-hydrogen) atoms. The van der Waals surface area contributed by atoms with Crippen LogP contribution in [0, 0.1) is 0 Å². The molecule has 15 rings (SSSR count). The highest BCUT2D eigenvalue weighted by Gasteiger charge is 2.72. The predicted molar refractivity (Wildman–Crippen MR) is 270 cm³/mol. The first-order chi connectivity index (χ1) is 32.5. The largest absolute Gasteiger partial charge is 0.306 e. The van der Waals surface area contributed by atoms with Crippen LogP contribution in [-0.2, 0) is 37.3 Å². The number of hydrogen-bond acceptors (Lipinski definition) is 1. The molecule has 7 aromatic rings. The molecule has 8 fully saturated rings. The van der Waals surface area contributed by atoms with E-state index in [0.29, 0.717) is 19.3 Å². The molecule has 8 aliphatic carbocycles. The molecule has 7 aromatic carbocycles. The first-order valence-electron chi connectivity index (χ1n) is 24.9. The predicted octanol–water partition coefficient (Wildman–Crippen LogP) is 14.9. The number of para-hydroxylation sites is 1. The molecule has 8 aliphatic rings. The number of amides is 1. The van der Waals surface area contributed by atoms with E-state index < -0.39 is 5.67 Å². The topological polar surface area (TPSA) is 20.3 Å². The van der Waals surface area contributed by atoms with Crippen molar-refractivity contribution in [2.45, 2.75) is 128 Å². The summed E-state index contributed by atoms with van der Waals surface area (Å²) in [6.07, 6.45) is 11.6. The van der Waals surface area contributed by atoms with Crippen molar-refractivity contribution in [3.05, 3.63) is 246 Å². The maximum absolute atomic E-state index is 16.7. The molecular formula is C64H62FNO. The summed E-state index contributed by atoms with van der Waals surface area (Å²) in [6, 6.07) is 76.6. The number of alkyl halides is 1. The average molecular weight is 880 g/mol. The zero-order valence-corrected chi connectivity index (χ0v) is 38.9. The molecule has 0 unspecified atom stereocenters. The molecule has 2 nitrogen and oxygen atoms in total. The average Bonchev–Trinajstić information content (AvgIpc) is 3.35. The molecule has 0 radical (unpaired) electrons. The van der Waals surface area contributed by atoms with Gasteiger partial charge in [0, 0.05) is 28.9 Å². The van der Waals surface area contributed by atoms with Gasteiger partial charge in [0.05, 0.1) is 5.54 Å². The number of nitrogens with zero attached hydrogens (tertiary/aromatic N) is 1. The molecule has 336 valence electrons. The Kier molecular flexibility index (Phi) is 9.78. The van der Waals surface area contributed by atoms with E-state index in [9.17, 15) is 4.79 Å². The molecule has 0 aliphatic heterocycles. The van der Waals surface area contributed by atoms with Crippen LogP contribution in [0.15, 0.2) is 212 Å². The van der Waals surface area contributed by atoms with E-state index in [1.165, 1.54) is 33.4 Å². The summed E-state index contributed by atoms with van der Waals surface area (Å²) in [7, 11) is 0. The number of anilines is 1. The Hall–Kier alpha value is -6.06. The van der Waals surface area contributed by atoms with Gasteiger partial charge in [0.1, 0.15) is 5.67 Å². The lowest BCUT2D eigenvalue weighted by molar-refractivity contribution is -0.123. The molecule has 0 heterocycles. The third-order valence-corrected chi connectivity index (χ3v) is 18.1. The molecule has 8 bridgehead atoms. The van der Waals surface area contributed by atoms with Crippen molar-refractivity contribution in [3.8, 4) is 0 Å². The highest BCUT2D eigenvalue weighted by Crippen LogP contribution is 2.74. The maximum atomic E-state index is 16.7. The molecule has 1 amide bonds. The fourth-order valence-electron chi connectivity index (χ4n) is 17.3. The molecule has 0 aromatic heterocycles. The van der Waals surface area contributed by atoms with Crippen LogP contribution in [0.1, 0.15) is 117 Å². The maximum Gasteiger partial charge on any atom is 0.224 e. The third-order valence-electron chi connectivity index (χ3n) is 18.1. The minimum absolute atomic E-state index is 0.00975. The van der Waals surface area contributed by atoms with Gasteiger partial charge in [-0.3, -0.25) is 4.79 Å². The van der Waals surface area contributed by atoms with E-state index in [2.05, 4.69) is 211 Å². The number of benzene rings is 7. The van der Waals surface area contributed by atoms with Crippen LogP contribution in [-0.4, -0.2) is 17.1 Å². The van der Waals surface area contributed by atoms with Gasteiger partial charge in [-0.1, -0.05) is 200 Å². The number of halogens is 1. The van der Waals surface area contributed by atoms with Crippen LogP contribution in [0.25, 0.3) is 0 Å². The van der Waals surface area contributed by atoms with Crippen LogP contribution in [0.5, 0.6) is 0 Å². The van der Waals surface area contributed by atoms with Gasteiger partial charge in [-0.05, 0) is 139 Å². The van der Waals surface area contributed by atoms with Gasteiger partial charge in [-0.25, -0.2) is 4.39 Å². The fraction of sp³-hybridized carbons (Fsp3) is 0.328. The second-order valence-electron chi connectivity index (χ2n) is 22.6. The molecule has 0 N–H and O–H groups in total. The van der Waals surface area contributed by atoms with Crippen LogP contribution >= 0.6 is 0 Å². The second-order valence-corrected chi connectivity index (χ2v) is 22.6. The molecule has 8 saturated carbocycles. The summed E-state index contributed by atoms with van der Waals surface area (Å²) >= 11 is 0. The Balaban J connectivity index is 0.000000145. The Morgan fingerprint density at radius 2 is 0.537 bits per heavy atom. The fourth-order valence-corrected chi connectivity index (χ4v) is 17.3. The van der Waals surface area contributed by atoms with Crippen molar-refractivity contribution < 1.29 is 9.18 Å². The Morgan fingerprint density at radius 3 is 0.761 bits per heavy atom. The summed E-state index contributed by atoms with van der Waals surface area (Å²) in [4.78, 5) is 15.9. The van der Waals surface area contributed by atoms with Gasteiger partial charge >= 0.3 is 0 Å². The number of carbonyl (C=O) groups excluding carboxylic acids is 1. The van der Waals surface area contributed by atoms with Crippen molar-refractivity contribution in [1.29, 1.82) is 0 Å². The van der Waals surface area contributed by atoms with Crippen molar-refractivity contribution in [2.24, 2.45) is 0 Å². The van der Waals surface area contributed by atoms with Crippen molar-refractivity contribution in [2.75, 3.05) is 4.90 Å². The molecule has 0 saturated heterocycles. The van der Waals surface area contributed by atoms with Gasteiger partial charge in [0.2, 0.25) is 5.91 Å². The van der Waals surface area contributed by atoms with E-state index in [1.54, 1.807) is 6.92 Å². The standard InChI is InChI=1S/C36H35NO.C28H27F/c1-28(38)37(32-20-12-5-13-21-32)36-25-33(29-14-6-2-7-15-29)22-34(26-36,30-16-8-3-9-17-30)24-35(23-33,27-36)31-18-10-4-11-19-31;29-28-19-25(22-10-4-1-5-11-22)16-26(20-28,23-12-6-2-7-13-23)18-27(17-25,21-28)24-14-8-3-9-15-24/h2-21H,22-27H2,1H3;1-15H,16-21H2. The van der Waals surface area contributed by atoms with Crippen LogP contribution in [0.2, 0.25) is 0 Å². The minimum Gasteiger partial charge on any atom is -0.306 e. The first-order valence-corrected chi connectivity index (χ1v) is 24.9. The zero-order chi connectivity index (χ0) is 45.4. The lowest BCUT2D eigenvalue weighted by Crippen LogP contribution is -2.73. The molecule has 0 atom stereocenters. The van der Waals surface area contributed by atoms with Gasteiger partial charge < -0.3 is 4.90 Å². The molecular weight excluding hydrogens is 818 g/mol. The lowest BCUT2D eigenvalue weighted by Gasteiger charge is -2.72. The Morgan fingerprint density at radius 1 is 0.328 bits per heavy atom. The Labute approximate surface area is 397 Å². The normalized spacial score (nSPS) is 33.9. The first kappa shape index (κ1) is 42.3. The number of hydrogen-bond donors (Lipinski definition) is 0. The van der Waals surface area contributed by atoms with E-state index >= 15 is 4.39 Å². The molecule has 3 heteroatoms. The lowest BCUT2D eigenvalue weighted by atomic mass is 9.34. The van der Waals surface area contributed by atoms with Gasteiger partial charge in [0.15, 0.2) is 0 Å². The number of carbonyl (C=O) groups is 1. The van der Waals surface area contributed by atoms with Crippen molar-refractivity contribution >= 4 is 11.6 Å². The van der Waals surface area contributed by atoms with E-state index in [-0.39, 0.29) is 43.9 Å². The highest BCUT2D eigenvalue weighted by molar-refractivity contribution is 5.93. The van der Waals surface area contributed by atoms with E-state index in [4.69, 9.17) is 0 Å². The van der Waals surface area contributed by atoms with Crippen molar-refractivity contribution in [1.82, 2.24) is 0 Å². The van der Waals surface area contributed by atoms with E-state index in [0.717, 1.165) is 63.5 Å². The van der Waals surface area contributed by atoms with Crippen LogP contribution < -0.4 is 4.90 Å². The number of rotatable bonds is 8. The quantitative estimate of drug-likeness (QED) is 0.149.